The fourth-order valence-corrected chi connectivity index (χ4v) is 1.77. The van der Waals surface area contributed by atoms with E-state index in [0.717, 1.165) is 15.5 Å². The normalized spacial score (nSPS) is 10.8. The molecule has 1 N–H and O–H groups in total. The lowest BCUT2D eigenvalue weighted by molar-refractivity contribution is 0.476. The van der Waals surface area contributed by atoms with Gasteiger partial charge in [-0.15, -0.1) is 0 Å². The summed E-state index contributed by atoms with van der Waals surface area (Å²) in [4.78, 5) is 0. The van der Waals surface area contributed by atoms with E-state index in [9.17, 15) is 5.11 Å². The number of fused-ring (bicyclic) bond motifs is 1. The van der Waals surface area contributed by atoms with Crippen LogP contribution in [0.1, 0.15) is 0 Å². The first-order valence-corrected chi connectivity index (χ1v) is 4.29. The van der Waals surface area contributed by atoms with Gasteiger partial charge in [-0.3, -0.25) is 4.68 Å². The third kappa shape index (κ3) is 0.992. The fraction of sp³-hybridized carbons (Fsp3) is 0.125. The Morgan fingerprint density at radius 3 is 3.00 bits per heavy atom. The van der Waals surface area contributed by atoms with Crippen LogP contribution in [0, 0.1) is 0 Å². The molecule has 0 unspecified atom stereocenters. The van der Waals surface area contributed by atoms with Gasteiger partial charge < -0.3 is 5.11 Å². The zero-order chi connectivity index (χ0) is 8.72. The van der Waals surface area contributed by atoms with Gasteiger partial charge in [-0.1, -0.05) is 0 Å². The number of benzene rings is 1. The molecule has 2 rings (SSSR count). The Morgan fingerprint density at radius 1 is 1.50 bits per heavy atom. The smallest absolute Gasteiger partial charge is 0.136 e. The number of phenols is 1. The van der Waals surface area contributed by atoms with Crippen LogP contribution in [0.5, 0.6) is 5.75 Å². The maximum atomic E-state index is 9.21. The van der Waals surface area contributed by atoms with Crippen LogP contribution in [0.3, 0.4) is 0 Å². The minimum Gasteiger partial charge on any atom is -0.508 e. The summed E-state index contributed by atoms with van der Waals surface area (Å²) in [7, 11) is 1.87. The van der Waals surface area contributed by atoms with Crippen LogP contribution in [0.15, 0.2) is 22.8 Å². The van der Waals surface area contributed by atoms with Crippen LogP contribution in [0.25, 0.3) is 10.9 Å². The van der Waals surface area contributed by atoms with Crippen molar-refractivity contribution in [3.05, 3.63) is 22.8 Å². The second-order valence-corrected chi connectivity index (χ2v) is 3.37. The molecule has 0 saturated heterocycles. The van der Waals surface area contributed by atoms with Crippen LogP contribution in [0.2, 0.25) is 0 Å². The minimum absolute atomic E-state index is 0.260. The molecule has 1 heterocycles. The summed E-state index contributed by atoms with van der Waals surface area (Å²) < 4.78 is 2.52. The lowest BCUT2D eigenvalue weighted by atomic mass is 10.2. The number of rotatable bonds is 0. The number of nitrogens with zero attached hydrogens (tertiary/aromatic N) is 2. The maximum absolute atomic E-state index is 9.21. The minimum atomic E-state index is 0.260. The molecule has 0 atom stereocenters. The van der Waals surface area contributed by atoms with Crippen molar-refractivity contribution >= 4 is 26.8 Å². The topological polar surface area (TPSA) is 38.0 Å². The number of aryl methyl sites for hydroxylation is 1. The van der Waals surface area contributed by atoms with E-state index in [0.29, 0.717) is 0 Å². The summed E-state index contributed by atoms with van der Waals surface area (Å²) in [6.45, 7) is 0. The van der Waals surface area contributed by atoms with Gasteiger partial charge in [-0.2, -0.15) is 5.10 Å². The van der Waals surface area contributed by atoms with E-state index in [-0.39, 0.29) is 5.75 Å². The number of phenolic OH excluding ortho intramolecular Hbond substituents is 1. The molecule has 3 nitrogen and oxygen atoms in total. The zero-order valence-corrected chi connectivity index (χ0v) is 8.04. The van der Waals surface area contributed by atoms with Crippen molar-refractivity contribution < 1.29 is 5.11 Å². The monoisotopic (exact) mass is 226 g/mol. The molecule has 1 aromatic carbocycles. The summed E-state index contributed by atoms with van der Waals surface area (Å²) >= 11 is 3.31. The quantitative estimate of drug-likeness (QED) is 0.747. The average Bonchev–Trinajstić information content (AvgIpc) is 2.28. The van der Waals surface area contributed by atoms with Gasteiger partial charge in [0.1, 0.15) is 10.4 Å². The summed E-state index contributed by atoms with van der Waals surface area (Å²) in [5.74, 6) is 0.260. The van der Waals surface area contributed by atoms with Gasteiger partial charge in [0.2, 0.25) is 0 Å². The lowest BCUT2D eigenvalue weighted by Crippen LogP contribution is -1.87. The molecule has 0 radical (unpaired) electrons. The largest absolute Gasteiger partial charge is 0.508 e. The van der Waals surface area contributed by atoms with Crippen molar-refractivity contribution in [3.63, 3.8) is 0 Å². The number of aromatic hydroxyl groups is 1. The molecular weight excluding hydrogens is 220 g/mol. The Labute approximate surface area is 77.7 Å². The summed E-state index contributed by atoms with van der Waals surface area (Å²) in [6.07, 6.45) is 0. The molecular formula is C8H7BrN2O. The number of hydrogen-bond acceptors (Lipinski definition) is 2. The number of halogens is 1. The van der Waals surface area contributed by atoms with Crippen LogP contribution in [0.4, 0.5) is 0 Å². The van der Waals surface area contributed by atoms with Crippen molar-refractivity contribution in [1.82, 2.24) is 9.78 Å². The van der Waals surface area contributed by atoms with Crippen molar-refractivity contribution in [2.24, 2.45) is 7.05 Å². The average molecular weight is 227 g/mol. The van der Waals surface area contributed by atoms with Gasteiger partial charge in [0, 0.05) is 12.4 Å². The first kappa shape index (κ1) is 7.61. The van der Waals surface area contributed by atoms with Crippen LogP contribution in [-0.2, 0) is 7.05 Å². The molecule has 62 valence electrons. The first-order valence-electron chi connectivity index (χ1n) is 3.50. The third-order valence-electron chi connectivity index (χ3n) is 1.79. The second kappa shape index (κ2) is 2.48. The maximum Gasteiger partial charge on any atom is 0.136 e. The van der Waals surface area contributed by atoms with Gasteiger partial charge in [0.05, 0.1) is 5.52 Å². The van der Waals surface area contributed by atoms with E-state index in [1.807, 2.05) is 13.1 Å². The number of aromatic nitrogens is 2. The molecule has 0 aliphatic rings. The van der Waals surface area contributed by atoms with Gasteiger partial charge in [-0.25, -0.2) is 0 Å². The SMILES string of the molecule is Cn1nc(Br)c2cc(O)ccc21. The van der Waals surface area contributed by atoms with Crippen molar-refractivity contribution in [2.45, 2.75) is 0 Å². The molecule has 12 heavy (non-hydrogen) atoms. The predicted octanol–water partition coefficient (Wildman–Crippen LogP) is 2.04. The predicted molar refractivity (Wildman–Crippen MR) is 50.1 cm³/mol. The van der Waals surface area contributed by atoms with Crippen molar-refractivity contribution in [1.29, 1.82) is 0 Å². The Morgan fingerprint density at radius 2 is 2.25 bits per heavy atom. The molecule has 4 heteroatoms. The van der Waals surface area contributed by atoms with Crippen molar-refractivity contribution in [3.8, 4) is 5.75 Å². The Kier molecular flexibility index (Phi) is 1.58. The van der Waals surface area contributed by atoms with E-state index < -0.39 is 0 Å². The Bertz CT molecular complexity index is 436. The summed E-state index contributed by atoms with van der Waals surface area (Å²) in [5, 5.41) is 14.3. The highest BCUT2D eigenvalue weighted by Gasteiger charge is 2.05. The van der Waals surface area contributed by atoms with Crippen LogP contribution >= 0.6 is 15.9 Å². The van der Waals surface area contributed by atoms with Gasteiger partial charge in [-0.05, 0) is 34.1 Å². The fourth-order valence-electron chi connectivity index (χ4n) is 1.21. The standard InChI is InChI=1S/C8H7BrN2O/c1-11-7-3-2-5(12)4-6(7)8(9)10-11/h2-4,12H,1H3. The van der Waals surface area contributed by atoms with E-state index in [1.165, 1.54) is 0 Å². The molecule has 0 aliphatic heterocycles. The first-order chi connectivity index (χ1) is 5.68. The second-order valence-electron chi connectivity index (χ2n) is 2.62. The summed E-state index contributed by atoms with van der Waals surface area (Å²) in [5.41, 5.74) is 1.000. The number of hydrogen-bond donors (Lipinski definition) is 1. The molecule has 0 aliphatic carbocycles. The van der Waals surface area contributed by atoms with Crippen LogP contribution in [-0.4, -0.2) is 14.9 Å². The molecule has 0 amide bonds. The Balaban J connectivity index is 2.90. The van der Waals surface area contributed by atoms with Gasteiger partial charge in [0.15, 0.2) is 0 Å². The highest BCUT2D eigenvalue weighted by Crippen LogP contribution is 2.25. The molecule has 0 spiro atoms. The third-order valence-corrected chi connectivity index (χ3v) is 2.37. The van der Waals surface area contributed by atoms with E-state index in [1.54, 1.807) is 16.8 Å². The highest BCUT2D eigenvalue weighted by atomic mass is 79.9. The molecule has 0 fully saturated rings. The highest BCUT2D eigenvalue weighted by molar-refractivity contribution is 9.10. The van der Waals surface area contributed by atoms with E-state index in [4.69, 9.17) is 0 Å². The molecule has 1 aromatic heterocycles. The van der Waals surface area contributed by atoms with E-state index >= 15 is 0 Å². The summed E-state index contributed by atoms with van der Waals surface area (Å²) in [6, 6.07) is 5.17. The zero-order valence-electron chi connectivity index (χ0n) is 6.45. The van der Waals surface area contributed by atoms with Crippen LogP contribution < -0.4 is 0 Å². The van der Waals surface area contributed by atoms with Gasteiger partial charge >= 0.3 is 0 Å². The van der Waals surface area contributed by atoms with Crippen molar-refractivity contribution in [2.75, 3.05) is 0 Å². The molecule has 2 aromatic rings. The van der Waals surface area contributed by atoms with E-state index in [2.05, 4.69) is 21.0 Å². The lowest BCUT2D eigenvalue weighted by Gasteiger charge is -1.93. The van der Waals surface area contributed by atoms with Gasteiger partial charge in [0.25, 0.3) is 0 Å². The molecule has 0 bridgehead atoms. The molecule has 0 saturated carbocycles. The Hall–Kier alpha value is -1.03.